The van der Waals surface area contributed by atoms with Gasteiger partial charge in [-0.1, -0.05) is 0 Å². The molecule has 6 nitrogen and oxygen atoms in total. The van der Waals surface area contributed by atoms with Gasteiger partial charge in [0.1, 0.15) is 11.6 Å². The molecule has 0 saturated carbocycles. The second-order valence-corrected chi connectivity index (χ2v) is 6.45. The molecule has 2 heterocycles. The molecule has 3 rings (SSSR count). The first-order chi connectivity index (χ1) is 12.5. The third kappa shape index (κ3) is 4.41. The Hall–Kier alpha value is -2.83. The molecule has 1 aromatic heterocycles. The van der Waals surface area contributed by atoms with Crippen molar-refractivity contribution in [3.63, 3.8) is 0 Å². The van der Waals surface area contributed by atoms with Gasteiger partial charge in [-0.05, 0) is 49.6 Å². The summed E-state index contributed by atoms with van der Waals surface area (Å²) in [6, 6.07) is 8.02. The fourth-order valence-corrected chi connectivity index (χ4v) is 3.08. The van der Waals surface area contributed by atoms with E-state index >= 15 is 0 Å². The Kier molecular flexibility index (Phi) is 5.55. The Bertz CT molecular complexity index is 773. The van der Waals surface area contributed by atoms with Crippen LogP contribution in [0.15, 0.2) is 41.0 Å². The van der Waals surface area contributed by atoms with Crippen molar-refractivity contribution in [2.24, 2.45) is 5.92 Å². The number of benzene rings is 1. The number of hydrogen-bond donors (Lipinski definition) is 2. The Morgan fingerprint density at radius 3 is 2.69 bits per heavy atom. The van der Waals surface area contributed by atoms with Crippen LogP contribution in [-0.4, -0.2) is 38.0 Å². The van der Waals surface area contributed by atoms with Gasteiger partial charge < -0.3 is 20.0 Å². The molecule has 2 aromatic rings. The molecule has 1 aliphatic rings. The SMILES string of the molecule is Cc1occc1C(=O)NCC(=O)NCC1CCN(c2ccc(F)cc2)C1. The van der Waals surface area contributed by atoms with E-state index in [2.05, 4.69) is 15.5 Å². The number of aryl methyl sites for hydroxylation is 1. The van der Waals surface area contributed by atoms with E-state index < -0.39 is 0 Å². The minimum Gasteiger partial charge on any atom is -0.469 e. The Morgan fingerprint density at radius 2 is 2.00 bits per heavy atom. The highest BCUT2D eigenvalue weighted by Gasteiger charge is 2.23. The van der Waals surface area contributed by atoms with Gasteiger partial charge in [-0.3, -0.25) is 9.59 Å². The summed E-state index contributed by atoms with van der Waals surface area (Å²) in [6.07, 6.45) is 2.40. The van der Waals surface area contributed by atoms with Crippen LogP contribution in [0.5, 0.6) is 0 Å². The number of amides is 2. The smallest absolute Gasteiger partial charge is 0.255 e. The molecule has 1 aromatic carbocycles. The van der Waals surface area contributed by atoms with Crippen LogP contribution < -0.4 is 15.5 Å². The molecule has 0 radical (unpaired) electrons. The highest BCUT2D eigenvalue weighted by Crippen LogP contribution is 2.23. The highest BCUT2D eigenvalue weighted by molar-refractivity contribution is 5.97. The topological polar surface area (TPSA) is 74.6 Å². The molecule has 1 unspecified atom stereocenters. The van der Waals surface area contributed by atoms with Gasteiger partial charge in [-0.15, -0.1) is 0 Å². The molecule has 138 valence electrons. The number of hydrogen-bond acceptors (Lipinski definition) is 4. The normalized spacial score (nSPS) is 16.5. The van der Waals surface area contributed by atoms with E-state index in [1.165, 1.54) is 18.4 Å². The minimum atomic E-state index is -0.324. The molecular formula is C19H22FN3O3. The lowest BCUT2D eigenvalue weighted by atomic mass is 10.1. The molecule has 1 aliphatic heterocycles. The van der Waals surface area contributed by atoms with Crippen molar-refractivity contribution in [2.75, 3.05) is 31.1 Å². The van der Waals surface area contributed by atoms with Crippen LogP contribution >= 0.6 is 0 Å². The molecule has 1 saturated heterocycles. The van der Waals surface area contributed by atoms with Gasteiger partial charge in [-0.2, -0.15) is 0 Å². The molecule has 2 amide bonds. The predicted octanol–water partition coefficient (Wildman–Crippen LogP) is 2.10. The molecule has 26 heavy (non-hydrogen) atoms. The summed E-state index contributed by atoms with van der Waals surface area (Å²) in [4.78, 5) is 26.1. The van der Waals surface area contributed by atoms with E-state index in [0.717, 1.165) is 25.2 Å². The number of nitrogens with one attached hydrogen (secondary N) is 2. The number of halogens is 1. The van der Waals surface area contributed by atoms with Crippen molar-refractivity contribution in [2.45, 2.75) is 13.3 Å². The summed E-state index contributed by atoms with van der Waals surface area (Å²) >= 11 is 0. The van der Waals surface area contributed by atoms with E-state index in [4.69, 9.17) is 4.42 Å². The number of rotatable bonds is 6. The van der Waals surface area contributed by atoms with Crippen LogP contribution in [0.1, 0.15) is 22.5 Å². The molecule has 1 fully saturated rings. The predicted molar refractivity (Wildman–Crippen MR) is 95.5 cm³/mol. The van der Waals surface area contributed by atoms with Crippen LogP contribution in [0.2, 0.25) is 0 Å². The largest absolute Gasteiger partial charge is 0.469 e. The molecule has 2 N–H and O–H groups in total. The van der Waals surface area contributed by atoms with E-state index in [1.807, 2.05) is 0 Å². The van der Waals surface area contributed by atoms with Crippen LogP contribution in [0.3, 0.4) is 0 Å². The third-order valence-electron chi connectivity index (χ3n) is 4.58. The fourth-order valence-electron chi connectivity index (χ4n) is 3.08. The van der Waals surface area contributed by atoms with Gasteiger partial charge in [0, 0.05) is 25.3 Å². The minimum absolute atomic E-state index is 0.0716. The first kappa shape index (κ1) is 18.0. The summed E-state index contributed by atoms with van der Waals surface area (Å²) in [6.45, 7) is 3.87. The zero-order chi connectivity index (χ0) is 18.5. The average Bonchev–Trinajstić information content (AvgIpc) is 3.27. The molecular weight excluding hydrogens is 337 g/mol. The summed E-state index contributed by atoms with van der Waals surface area (Å²) < 4.78 is 18.1. The zero-order valence-corrected chi connectivity index (χ0v) is 14.6. The van der Waals surface area contributed by atoms with Gasteiger partial charge in [0.15, 0.2) is 0 Å². The third-order valence-corrected chi connectivity index (χ3v) is 4.58. The van der Waals surface area contributed by atoms with Gasteiger partial charge >= 0.3 is 0 Å². The lowest BCUT2D eigenvalue weighted by Gasteiger charge is -2.18. The van der Waals surface area contributed by atoms with Crippen molar-refractivity contribution in [3.8, 4) is 0 Å². The summed E-state index contributed by atoms with van der Waals surface area (Å²) in [5, 5.41) is 5.44. The summed E-state index contributed by atoms with van der Waals surface area (Å²) in [7, 11) is 0. The number of furan rings is 1. The quantitative estimate of drug-likeness (QED) is 0.828. The number of nitrogens with zero attached hydrogens (tertiary/aromatic N) is 1. The standard InChI is InChI=1S/C19H22FN3O3/c1-13-17(7-9-26-13)19(25)22-11-18(24)21-10-14-6-8-23(12-14)16-4-2-15(20)3-5-16/h2-5,7,9,14H,6,8,10-12H2,1H3,(H,21,24)(H,22,25). The van der Waals surface area contributed by atoms with Gasteiger partial charge in [0.25, 0.3) is 5.91 Å². The number of carbonyl (C=O) groups excluding carboxylic acids is 2. The van der Waals surface area contributed by atoms with E-state index in [0.29, 0.717) is 23.8 Å². The van der Waals surface area contributed by atoms with Crippen LogP contribution in [0, 0.1) is 18.7 Å². The van der Waals surface area contributed by atoms with Crippen molar-refractivity contribution >= 4 is 17.5 Å². The molecule has 0 spiro atoms. The van der Waals surface area contributed by atoms with Crippen LogP contribution in [0.4, 0.5) is 10.1 Å². The maximum absolute atomic E-state index is 13.0. The lowest BCUT2D eigenvalue weighted by Crippen LogP contribution is -2.39. The van der Waals surface area contributed by atoms with Crippen molar-refractivity contribution < 1.29 is 18.4 Å². The first-order valence-corrected chi connectivity index (χ1v) is 8.62. The first-order valence-electron chi connectivity index (χ1n) is 8.62. The van der Waals surface area contributed by atoms with Gasteiger partial charge in [-0.25, -0.2) is 4.39 Å². The van der Waals surface area contributed by atoms with E-state index in [-0.39, 0.29) is 24.2 Å². The Morgan fingerprint density at radius 1 is 1.23 bits per heavy atom. The maximum Gasteiger partial charge on any atom is 0.255 e. The molecule has 1 atom stereocenters. The second-order valence-electron chi connectivity index (χ2n) is 6.45. The van der Waals surface area contributed by atoms with Gasteiger partial charge in [0.2, 0.25) is 5.91 Å². The fraction of sp³-hybridized carbons (Fsp3) is 0.368. The van der Waals surface area contributed by atoms with Crippen molar-refractivity contribution in [3.05, 3.63) is 53.7 Å². The monoisotopic (exact) mass is 359 g/mol. The molecule has 0 bridgehead atoms. The Balaban J connectivity index is 1.39. The summed E-state index contributed by atoms with van der Waals surface area (Å²) in [5.74, 6) is 0.0597. The van der Waals surface area contributed by atoms with Gasteiger partial charge in [0.05, 0.1) is 18.4 Å². The average molecular weight is 359 g/mol. The zero-order valence-electron chi connectivity index (χ0n) is 14.6. The second kappa shape index (κ2) is 8.03. The van der Waals surface area contributed by atoms with E-state index in [9.17, 15) is 14.0 Å². The lowest BCUT2D eigenvalue weighted by molar-refractivity contribution is -0.120. The maximum atomic E-state index is 13.0. The molecule has 0 aliphatic carbocycles. The number of carbonyl (C=O) groups is 2. The van der Waals surface area contributed by atoms with E-state index in [1.54, 1.807) is 25.1 Å². The van der Waals surface area contributed by atoms with Crippen LogP contribution in [-0.2, 0) is 4.79 Å². The van der Waals surface area contributed by atoms with Crippen molar-refractivity contribution in [1.82, 2.24) is 10.6 Å². The number of anilines is 1. The summed E-state index contributed by atoms with van der Waals surface area (Å²) in [5.41, 5.74) is 1.42. The molecule has 7 heteroatoms. The van der Waals surface area contributed by atoms with Crippen molar-refractivity contribution in [1.29, 1.82) is 0 Å². The van der Waals surface area contributed by atoms with Crippen LogP contribution in [0.25, 0.3) is 0 Å². The highest BCUT2D eigenvalue weighted by atomic mass is 19.1. The Labute approximate surface area is 151 Å².